The summed E-state index contributed by atoms with van der Waals surface area (Å²) < 4.78 is 0. The molecule has 0 aromatic carbocycles. The molecule has 118 valence electrons. The molecule has 0 radical (unpaired) electrons. The van der Waals surface area contributed by atoms with Crippen molar-refractivity contribution in [2.24, 2.45) is 5.92 Å². The highest BCUT2D eigenvalue weighted by molar-refractivity contribution is 5.92. The van der Waals surface area contributed by atoms with Crippen molar-refractivity contribution in [2.45, 2.75) is 44.4 Å². The number of piperidine rings is 1. The van der Waals surface area contributed by atoms with Gasteiger partial charge in [0.2, 0.25) is 0 Å². The molecule has 1 saturated heterocycles. The molecule has 1 atom stereocenters. The van der Waals surface area contributed by atoms with Crippen molar-refractivity contribution < 1.29 is 14.7 Å². The van der Waals surface area contributed by atoms with Crippen LogP contribution in [-0.2, 0) is 4.79 Å². The Kier molecular flexibility index (Phi) is 4.41. The second-order valence-electron chi connectivity index (χ2n) is 6.44. The molecule has 2 fully saturated rings. The minimum Gasteiger partial charge on any atom is -0.481 e. The molecule has 1 aliphatic heterocycles. The first-order valence-electron chi connectivity index (χ1n) is 8.10. The zero-order valence-electron chi connectivity index (χ0n) is 12.7. The molecule has 3 rings (SSSR count). The van der Waals surface area contributed by atoms with E-state index in [2.05, 4.69) is 4.98 Å². The smallest absolute Gasteiger partial charge is 0.303 e. The number of rotatable bonds is 5. The standard InChI is InChI=1S/C17H22N2O3/c20-16(21)8-3-12-2-1-9-19(11-12)17(22)15-7-6-14(10-18-15)13-4-5-13/h6-7,10,12-13H,1-5,8-9,11H2,(H,20,21). The lowest BCUT2D eigenvalue weighted by Gasteiger charge is -2.32. The van der Waals surface area contributed by atoms with Crippen LogP contribution in [-0.4, -0.2) is 40.0 Å². The summed E-state index contributed by atoms with van der Waals surface area (Å²) in [5.74, 6) is 0.148. The minimum atomic E-state index is -0.763. The molecule has 1 N–H and O–H groups in total. The van der Waals surface area contributed by atoms with E-state index in [1.54, 1.807) is 0 Å². The van der Waals surface area contributed by atoms with Crippen molar-refractivity contribution in [3.63, 3.8) is 0 Å². The molecule has 0 spiro atoms. The Morgan fingerprint density at radius 3 is 2.73 bits per heavy atom. The number of nitrogens with zero attached hydrogens (tertiary/aromatic N) is 2. The van der Waals surface area contributed by atoms with Crippen LogP contribution in [0.2, 0.25) is 0 Å². The van der Waals surface area contributed by atoms with Gasteiger partial charge in [-0.3, -0.25) is 14.6 Å². The molecule has 2 heterocycles. The molecular formula is C17H22N2O3. The van der Waals surface area contributed by atoms with E-state index in [9.17, 15) is 9.59 Å². The van der Waals surface area contributed by atoms with Crippen LogP contribution < -0.4 is 0 Å². The number of carboxylic acids is 1. The van der Waals surface area contributed by atoms with Crippen molar-refractivity contribution >= 4 is 11.9 Å². The highest BCUT2D eigenvalue weighted by Crippen LogP contribution is 2.39. The van der Waals surface area contributed by atoms with Crippen LogP contribution in [0.1, 0.15) is 60.5 Å². The van der Waals surface area contributed by atoms with Crippen LogP contribution in [0.3, 0.4) is 0 Å². The number of carboxylic acid groups (broad SMARTS) is 1. The summed E-state index contributed by atoms with van der Waals surface area (Å²) in [6.45, 7) is 1.40. The third kappa shape index (κ3) is 3.64. The molecule has 1 aromatic heterocycles. The van der Waals surface area contributed by atoms with Crippen LogP contribution in [0.15, 0.2) is 18.3 Å². The average molecular weight is 302 g/mol. The fourth-order valence-corrected chi connectivity index (χ4v) is 3.16. The Labute approximate surface area is 130 Å². The molecule has 1 aromatic rings. The maximum atomic E-state index is 12.5. The number of aromatic nitrogens is 1. The molecule has 5 heteroatoms. The van der Waals surface area contributed by atoms with E-state index in [1.165, 1.54) is 18.4 Å². The van der Waals surface area contributed by atoms with Gasteiger partial charge in [0.05, 0.1) is 0 Å². The Hall–Kier alpha value is -1.91. The van der Waals surface area contributed by atoms with E-state index in [4.69, 9.17) is 5.11 Å². The van der Waals surface area contributed by atoms with Crippen LogP contribution in [0.5, 0.6) is 0 Å². The normalized spacial score (nSPS) is 21.6. The van der Waals surface area contributed by atoms with Gasteiger partial charge < -0.3 is 10.0 Å². The van der Waals surface area contributed by atoms with Gasteiger partial charge in [0, 0.05) is 25.7 Å². The van der Waals surface area contributed by atoms with E-state index < -0.39 is 5.97 Å². The van der Waals surface area contributed by atoms with Crippen LogP contribution >= 0.6 is 0 Å². The molecule has 2 aliphatic rings. The summed E-state index contributed by atoms with van der Waals surface area (Å²) in [5.41, 5.74) is 1.73. The quantitative estimate of drug-likeness (QED) is 0.907. The van der Waals surface area contributed by atoms with Gasteiger partial charge in [-0.15, -0.1) is 0 Å². The zero-order valence-corrected chi connectivity index (χ0v) is 12.7. The second-order valence-corrected chi connectivity index (χ2v) is 6.44. The van der Waals surface area contributed by atoms with Crippen LogP contribution in [0, 0.1) is 5.92 Å². The van der Waals surface area contributed by atoms with Crippen molar-refractivity contribution in [1.82, 2.24) is 9.88 Å². The minimum absolute atomic E-state index is 0.0256. The topological polar surface area (TPSA) is 70.5 Å². The molecule has 5 nitrogen and oxygen atoms in total. The summed E-state index contributed by atoms with van der Waals surface area (Å²) in [6.07, 6.45) is 7.06. The van der Waals surface area contributed by atoms with Crippen LogP contribution in [0.25, 0.3) is 0 Å². The summed E-state index contributed by atoms with van der Waals surface area (Å²) in [5, 5.41) is 8.78. The predicted molar refractivity (Wildman–Crippen MR) is 81.7 cm³/mol. The first-order chi connectivity index (χ1) is 10.6. The van der Waals surface area contributed by atoms with Gasteiger partial charge in [-0.2, -0.15) is 0 Å². The van der Waals surface area contributed by atoms with E-state index in [0.29, 0.717) is 30.5 Å². The molecule has 0 bridgehead atoms. The number of amides is 1. The number of pyridine rings is 1. The lowest BCUT2D eigenvalue weighted by molar-refractivity contribution is -0.137. The van der Waals surface area contributed by atoms with Gasteiger partial charge in [-0.05, 0) is 55.6 Å². The van der Waals surface area contributed by atoms with Crippen LogP contribution in [0.4, 0.5) is 0 Å². The number of hydrogen-bond donors (Lipinski definition) is 1. The Morgan fingerprint density at radius 2 is 2.09 bits per heavy atom. The summed E-state index contributed by atoms with van der Waals surface area (Å²) in [7, 11) is 0. The highest BCUT2D eigenvalue weighted by atomic mass is 16.4. The second kappa shape index (κ2) is 6.46. The highest BCUT2D eigenvalue weighted by Gasteiger charge is 2.27. The Balaban J connectivity index is 1.59. The third-order valence-corrected chi connectivity index (χ3v) is 4.63. The number of carbonyl (C=O) groups is 2. The lowest BCUT2D eigenvalue weighted by Crippen LogP contribution is -2.40. The van der Waals surface area contributed by atoms with Crippen molar-refractivity contribution in [3.05, 3.63) is 29.6 Å². The van der Waals surface area contributed by atoms with E-state index >= 15 is 0 Å². The van der Waals surface area contributed by atoms with Gasteiger partial charge in [-0.1, -0.05) is 6.07 Å². The average Bonchev–Trinajstić information content (AvgIpc) is 3.37. The first-order valence-corrected chi connectivity index (χ1v) is 8.10. The summed E-state index contributed by atoms with van der Waals surface area (Å²) in [6, 6.07) is 3.85. The maximum Gasteiger partial charge on any atom is 0.303 e. The fraction of sp³-hybridized carbons (Fsp3) is 0.588. The molecule has 1 unspecified atom stereocenters. The first kappa shape index (κ1) is 15.0. The van der Waals surface area contributed by atoms with Gasteiger partial charge in [0.1, 0.15) is 5.69 Å². The number of aliphatic carboxylic acids is 1. The van der Waals surface area contributed by atoms with E-state index in [-0.39, 0.29) is 12.3 Å². The number of carbonyl (C=O) groups excluding carboxylic acids is 1. The Morgan fingerprint density at radius 1 is 1.27 bits per heavy atom. The third-order valence-electron chi connectivity index (χ3n) is 4.63. The molecule has 1 saturated carbocycles. The Bertz CT molecular complexity index is 552. The summed E-state index contributed by atoms with van der Waals surface area (Å²) in [4.78, 5) is 29.4. The maximum absolute atomic E-state index is 12.5. The zero-order chi connectivity index (χ0) is 15.5. The van der Waals surface area contributed by atoms with E-state index in [0.717, 1.165) is 19.4 Å². The van der Waals surface area contributed by atoms with Crippen molar-refractivity contribution in [1.29, 1.82) is 0 Å². The predicted octanol–water partition coefficient (Wildman–Crippen LogP) is 2.68. The molecule has 1 aliphatic carbocycles. The van der Waals surface area contributed by atoms with Gasteiger partial charge in [-0.25, -0.2) is 0 Å². The number of likely N-dealkylation sites (tertiary alicyclic amines) is 1. The fourth-order valence-electron chi connectivity index (χ4n) is 3.16. The van der Waals surface area contributed by atoms with Gasteiger partial charge >= 0.3 is 5.97 Å². The van der Waals surface area contributed by atoms with Crippen molar-refractivity contribution in [2.75, 3.05) is 13.1 Å². The SMILES string of the molecule is O=C(O)CCC1CCCN(C(=O)c2ccc(C3CC3)cn2)C1. The molecule has 22 heavy (non-hydrogen) atoms. The summed E-state index contributed by atoms with van der Waals surface area (Å²) >= 11 is 0. The lowest BCUT2D eigenvalue weighted by atomic mass is 9.93. The van der Waals surface area contributed by atoms with E-state index in [1.807, 2.05) is 23.2 Å². The van der Waals surface area contributed by atoms with Gasteiger partial charge in [0.25, 0.3) is 5.91 Å². The number of hydrogen-bond acceptors (Lipinski definition) is 3. The molecule has 1 amide bonds. The molecular weight excluding hydrogens is 280 g/mol. The van der Waals surface area contributed by atoms with Crippen molar-refractivity contribution in [3.8, 4) is 0 Å². The van der Waals surface area contributed by atoms with Gasteiger partial charge in [0.15, 0.2) is 0 Å². The largest absolute Gasteiger partial charge is 0.481 e. The monoisotopic (exact) mass is 302 g/mol.